The molecule has 2 atom stereocenters. The first-order valence-electron chi connectivity index (χ1n) is 19.5. The van der Waals surface area contributed by atoms with Gasteiger partial charge in [-0.1, -0.05) is 123 Å². The van der Waals surface area contributed by atoms with Gasteiger partial charge in [-0.15, -0.1) is 0 Å². The van der Waals surface area contributed by atoms with E-state index in [0.29, 0.717) is 17.6 Å². The summed E-state index contributed by atoms with van der Waals surface area (Å²) >= 11 is 0. The van der Waals surface area contributed by atoms with E-state index in [-0.39, 0.29) is 25.0 Å². The maximum absolute atomic E-state index is 12.9. The molecule has 0 fully saturated rings. The molecule has 0 saturated carbocycles. The maximum Gasteiger partial charge on any atom is 0.280 e. The van der Waals surface area contributed by atoms with Crippen LogP contribution in [0.25, 0.3) is 0 Å². The topological polar surface area (TPSA) is 102 Å². The van der Waals surface area contributed by atoms with E-state index in [1.54, 1.807) is 0 Å². The Balaban J connectivity index is 4.02. The van der Waals surface area contributed by atoms with Gasteiger partial charge in [0.05, 0.1) is 27.2 Å². The normalized spacial score (nSPS) is 13.2. The Bertz CT molecular complexity index is 706. The molecule has 0 saturated heterocycles. The molecule has 0 aromatic heterocycles. The largest absolute Gasteiger partial charge is 0.394 e. The van der Waals surface area contributed by atoms with Gasteiger partial charge in [-0.3, -0.25) is 14.5 Å². The molecule has 4 N–H and O–H groups in total. The van der Waals surface area contributed by atoms with Crippen molar-refractivity contribution in [1.82, 2.24) is 15.5 Å². The lowest BCUT2D eigenvalue weighted by Crippen LogP contribution is -2.58. The molecule has 0 aliphatic rings. The van der Waals surface area contributed by atoms with Crippen molar-refractivity contribution >= 4 is 11.8 Å². The van der Waals surface area contributed by atoms with Gasteiger partial charge in [0.1, 0.15) is 12.6 Å². The number of rotatable bonds is 34. The number of amides is 2. The van der Waals surface area contributed by atoms with E-state index in [1.165, 1.54) is 116 Å². The molecule has 1 unspecified atom stereocenters. The summed E-state index contributed by atoms with van der Waals surface area (Å²) in [5.74, 6) is -0.192. The Hall–Kier alpha value is -1.22. The van der Waals surface area contributed by atoms with Crippen molar-refractivity contribution in [2.75, 3.05) is 60.5 Å². The molecule has 0 aliphatic heterocycles. The van der Waals surface area contributed by atoms with Gasteiger partial charge in [0.25, 0.3) is 5.91 Å². The van der Waals surface area contributed by atoms with Crippen molar-refractivity contribution in [3.63, 3.8) is 0 Å². The lowest BCUT2D eigenvalue weighted by atomic mass is 10.1. The first-order valence-corrected chi connectivity index (χ1v) is 19.5. The molecule has 2 amide bonds. The van der Waals surface area contributed by atoms with E-state index in [9.17, 15) is 19.8 Å². The molecule has 8 nitrogen and oxygen atoms in total. The fraction of sp³-hybridized carbons (Fsp3) is 0.947. The van der Waals surface area contributed by atoms with Crippen LogP contribution in [-0.2, 0) is 9.59 Å². The van der Waals surface area contributed by atoms with Gasteiger partial charge >= 0.3 is 0 Å². The third-order valence-electron chi connectivity index (χ3n) is 9.73. The molecule has 274 valence electrons. The number of quaternary nitrogens is 1. The second kappa shape index (κ2) is 31.1. The van der Waals surface area contributed by atoms with E-state index in [4.69, 9.17) is 0 Å². The minimum absolute atomic E-state index is 0.0795. The molecule has 0 heterocycles. The molecule has 8 heteroatoms. The van der Waals surface area contributed by atoms with Crippen molar-refractivity contribution in [2.24, 2.45) is 0 Å². The summed E-state index contributed by atoms with van der Waals surface area (Å²) in [6.07, 6.45) is 28.2. The van der Waals surface area contributed by atoms with Gasteiger partial charge in [0.15, 0.2) is 6.04 Å². The number of hydrogen-bond acceptors (Lipinski definition) is 5. The molecular formula is C38H79N4O4+. The standard InChI is InChI=1S/C38H78N4O4/c1-6-8-10-12-14-16-18-20-22-27-31-41(3)35(33-43)37(45)39-29-25-24-26-30-40-38(46)36(34-44)42(4,5)32-28-23-21-19-17-15-13-11-9-7-2/h35-36,43-44H,6-34H2,1-5H3,(H-,39,40,45,46)/p+1/t35?,36-/m0/s1. The molecule has 0 radical (unpaired) electrons. The SMILES string of the molecule is CCCCCCCCCCCCN(C)C(CO)C(=O)NCCCCCNC(=O)[C@H](CO)[N+](C)(C)CCCCCCCCCCCC. The Kier molecular flexibility index (Phi) is 30.2. The predicted molar refractivity (Wildman–Crippen MR) is 195 cm³/mol. The van der Waals surface area contributed by atoms with Gasteiger partial charge in [0.2, 0.25) is 5.91 Å². The summed E-state index contributed by atoms with van der Waals surface area (Å²) < 4.78 is 0.505. The third kappa shape index (κ3) is 24.0. The highest BCUT2D eigenvalue weighted by Gasteiger charge is 2.33. The van der Waals surface area contributed by atoms with Crippen LogP contribution in [0.15, 0.2) is 0 Å². The number of aliphatic hydroxyl groups is 2. The molecule has 0 spiro atoms. The summed E-state index contributed by atoms with van der Waals surface area (Å²) in [7, 11) is 6.02. The molecule has 0 bridgehead atoms. The zero-order chi connectivity index (χ0) is 34.3. The number of carbonyl (C=O) groups is 2. The van der Waals surface area contributed by atoms with E-state index < -0.39 is 12.1 Å². The smallest absolute Gasteiger partial charge is 0.280 e. The Morgan fingerprint density at radius 3 is 1.39 bits per heavy atom. The number of carbonyl (C=O) groups excluding carboxylic acids is 2. The number of nitrogens with zero attached hydrogens (tertiary/aromatic N) is 2. The molecule has 0 aliphatic carbocycles. The van der Waals surface area contributed by atoms with Gasteiger partial charge in [-0.2, -0.15) is 0 Å². The van der Waals surface area contributed by atoms with Gasteiger partial charge in [-0.25, -0.2) is 0 Å². The summed E-state index contributed by atoms with van der Waals surface area (Å²) in [6.45, 7) is 7.03. The minimum atomic E-state index is -0.505. The van der Waals surface area contributed by atoms with Crippen LogP contribution in [-0.4, -0.2) is 104 Å². The summed E-state index contributed by atoms with van der Waals surface area (Å²) in [5, 5.41) is 25.8. The molecule has 0 aromatic carbocycles. The highest BCUT2D eigenvalue weighted by Crippen LogP contribution is 2.14. The van der Waals surface area contributed by atoms with Crippen LogP contribution in [0.3, 0.4) is 0 Å². The van der Waals surface area contributed by atoms with E-state index in [1.807, 2.05) is 26.0 Å². The molecule has 0 rings (SSSR count). The second-order valence-electron chi connectivity index (χ2n) is 14.4. The van der Waals surface area contributed by atoms with E-state index >= 15 is 0 Å². The van der Waals surface area contributed by atoms with Crippen LogP contribution < -0.4 is 10.6 Å². The monoisotopic (exact) mass is 656 g/mol. The fourth-order valence-corrected chi connectivity index (χ4v) is 6.30. The number of likely N-dealkylation sites (N-methyl/N-ethyl adjacent to an activating group) is 2. The highest BCUT2D eigenvalue weighted by atomic mass is 16.3. The van der Waals surface area contributed by atoms with Gasteiger partial charge < -0.3 is 25.3 Å². The summed E-state index contributed by atoms with van der Waals surface area (Å²) in [5.41, 5.74) is 0. The zero-order valence-electron chi connectivity index (χ0n) is 31.3. The average molecular weight is 656 g/mol. The van der Waals surface area contributed by atoms with Gasteiger partial charge in [-0.05, 0) is 52.1 Å². The van der Waals surface area contributed by atoms with Gasteiger partial charge in [0, 0.05) is 13.1 Å². The van der Waals surface area contributed by atoms with Crippen LogP contribution in [0.2, 0.25) is 0 Å². The van der Waals surface area contributed by atoms with E-state index in [0.717, 1.165) is 45.2 Å². The van der Waals surface area contributed by atoms with Crippen LogP contribution in [0.1, 0.15) is 162 Å². The number of aliphatic hydroxyl groups excluding tert-OH is 2. The maximum atomic E-state index is 12.9. The second-order valence-corrected chi connectivity index (χ2v) is 14.4. The lowest BCUT2D eigenvalue weighted by Gasteiger charge is -2.36. The Labute approximate surface area is 285 Å². The summed E-state index contributed by atoms with van der Waals surface area (Å²) in [4.78, 5) is 27.5. The summed E-state index contributed by atoms with van der Waals surface area (Å²) in [6, 6.07) is -0.958. The molecule has 0 aromatic rings. The van der Waals surface area contributed by atoms with E-state index in [2.05, 4.69) is 24.5 Å². The predicted octanol–water partition coefficient (Wildman–Crippen LogP) is 6.96. The van der Waals surface area contributed by atoms with Crippen molar-refractivity contribution in [3.8, 4) is 0 Å². The van der Waals surface area contributed by atoms with Crippen LogP contribution in [0.5, 0.6) is 0 Å². The van der Waals surface area contributed by atoms with Crippen LogP contribution in [0, 0.1) is 0 Å². The quantitative estimate of drug-likeness (QED) is 0.0444. The van der Waals surface area contributed by atoms with Crippen LogP contribution >= 0.6 is 0 Å². The zero-order valence-corrected chi connectivity index (χ0v) is 31.3. The van der Waals surface area contributed by atoms with Crippen molar-refractivity contribution in [2.45, 2.75) is 174 Å². The van der Waals surface area contributed by atoms with Crippen LogP contribution in [0.4, 0.5) is 0 Å². The first kappa shape index (κ1) is 44.8. The Morgan fingerprint density at radius 2 is 0.957 bits per heavy atom. The van der Waals surface area contributed by atoms with Crippen molar-refractivity contribution in [3.05, 3.63) is 0 Å². The number of hydrogen-bond donors (Lipinski definition) is 4. The molecule has 46 heavy (non-hydrogen) atoms. The van der Waals surface area contributed by atoms with Crippen molar-refractivity contribution in [1.29, 1.82) is 0 Å². The lowest BCUT2D eigenvalue weighted by molar-refractivity contribution is -0.906. The van der Waals surface area contributed by atoms with Crippen molar-refractivity contribution < 1.29 is 24.3 Å². The molecular weight excluding hydrogens is 576 g/mol. The fourth-order valence-electron chi connectivity index (χ4n) is 6.30. The average Bonchev–Trinajstić information content (AvgIpc) is 3.02. The Morgan fingerprint density at radius 1 is 0.565 bits per heavy atom. The highest BCUT2D eigenvalue weighted by molar-refractivity contribution is 5.81. The number of unbranched alkanes of at least 4 members (excludes halogenated alkanes) is 20. The number of nitrogens with one attached hydrogen (secondary N) is 2. The first-order chi connectivity index (χ1) is 22.2. The minimum Gasteiger partial charge on any atom is -0.394 e. The third-order valence-corrected chi connectivity index (χ3v) is 9.73.